The fourth-order valence-electron chi connectivity index (χ4n) is 2.33. The summed E-state index contributed by atoms with van der Waals surface area (Å²) in [6.45, 7) is 2.34. The van der Waals surface area contributed by atoms with Crippen LogP contribution in [-0.2, 0) is 9.53 Å². The molecule has 0 bridgehead atoms. The maximum Gasteiger partial charge on any atom is 0.309 e. The molecule has 2 atom stereocenters. The highest BCUT2D eigenvalue weighted by atomic mass is 32.1. The van der Waals surface area contributed by atoms with E-state index in [0.29, 0.717) is 12.5 Å². The first kappa shape index (κ1) is 10.8. The summed E-state index contributed by atoms with van der Waals surface area (Å²) in [5, 5.41) is 3.49. The molecule has 0 unspecified atom stereocenters. The third-order valence-electron chi connectivity index (χ3n) is 3.29. The second-order valence-electron chi connectivity index (χ2n) is 4.39. The molecule has 1 saturated carbocycles. The second-order valence-corrected chi connectivity index (χ2v) is 5.30. The summed E-state index contributed by atoms with van der Waals surface area (Å²) in [6, 6.07) is 8.38. The number of thiophene rings is 1. The van der Waals surface area contributed by atoms with Gasteiger partial charge in [0.1, 0.15) is 0 Å². The maximum atomic E-state index is 11.6. The molecule has 0 spiro atoms. The van der Waals surface area contributed by atoms with E-state index < -0.39 is 0 Å². The lowest BCUT2D eigenvalue weighted by Crippen LogP contribution is -2.07. The molecule has 1 aliphatic rings. The number of benzene rings is 1. The molecule has 2 nitrogen and oxygen atoms in total. The van der Waals surface area contributed by atoms with E-state index in [1.807, 2.05) is 6.92 Å². The van der Waals surface area contributed by atoms with Crippen molar-refractivity contribution in [3.8, 4) is 0 Å². The normalized spacial score (nSPS) is 22.6. The SMILES string of the molecule is CCOC(=O)[C@@H]1C[C@H]1c1csc2ccccc12. The van der Waals surface area contributed by atoms with Gasteiger partial charge in [0.05, 0.1) is 12.5 Å². The van der Waals surface area contributed by atoms with Gasteiger partial charge in [0.2, 0.25) is 0 Å². The van der Waals surface area contributed by atoms with Crippen molar-refractivity contribution >= 4 is 27.4 Å². The van der Waals surface area contributed by atoms with E-state index in [-0.39, 0.29) is 11.9 Å². The van der Waals surface area contributed by atoms with Gasteiger partial charge in [-0.25, -0.2) is 0 Å². The van der Waals surface area contributed by atoms with Crippen molar-refractivity contribution in [3.05, 3.63) is 35.2 Å². The number of esters is 1. The first-order valence-electron chi connectivity index (χ1n) is 5.94. The first-order chi connectivity index (χ1) is 8.31. The van der Waals surface area contributed by atoms with Crippen molar-refractivity contribution in [1.29, 1.82) is 0 Å². The van der Waals surface area contributed by atoms with E-state index in [4.69, 9.17) is 4.74 Å². The van der Waals surface area contributed by atoms with Gasteiger partial charge in [-0.2, -0.15) is 0 Å². The summed E-state index contributed by atoms with van der Waals surface area (Å²) in [6.07, 6.45) is 0.944. The topological polar surface area (TPSA) is 26.3 Å². The Morgan fingerprint density at radius 1 is 1.47 bits per heavy atom. The van der Waals surface area contributed by atoms with E-state index in [9.17, 15) is 4.79 Å². The minimum absolute atomic E-state index is 0.0345. The minimum Gasteiger partial charge on any atom is -0.466 e. The molecule has 0 N–H and O–H groups in total. The number of hydrogen-bond donors (Lipinski definition) is 0. The van der Waals surface area contributed by atoms with Gasteiger partial charge in [0.25, 0.3) is 0 Å². The van der Waals surface area contributed by atoms with Gasteiger partial charge in [-0.1, -0.05) is 18.2 Å². The molecule has 3 heteroatoms. The zero-order valence-electron chi connectivity index (χ0n) is 9.68. The Balaban J connectivity index is 1.85. The zero-order valence-corrected chi connectivity index (χ0v) is 10.5. The third-order valence-corrected chi connectivity index (χ3v) is 4.27. The predicted octanol–water partition coefficient (Wildman–Crippen LogP) is 3.57. The summed E-state index contributed by atoms with van der Waals surface area (Å²) in [7, 11) is 0. The van der Waals surface area contributed by atoms with Crippen LogP contribution in [0.25, 0.3) is 10.1 Å². The van der Waals surface area contributed by atoms with E-state index in [2.05, 4.69) is 29.6 Å². The van der Waals surface area contributed by atoms with Crippen molar-refractivity contribution in [3.63, 3.8) is 0 Å². The summed E-state index contributed by atoms with van der Waals surface area (Å²) >= 11 is 1.76. The van der Waals surface area contributed by atoms with Crippen LogP contribution in [0.15, 0.2) is 29.6 Å². The molecule has 1 aromatic carbocycles. The van der Waals surface area contributed by atoms with Crippen LogP contribution in [0.3, 0.4) is 0 Å². The number of hydrogen-bond acceptors (Lipinski definition) is 3. The van der Waals surface area contributed by atoms with E-state index >= 15 is 0 Å². The largest absolute Gasteiger partial charge is 0.466 e. The molecular weight excluding hydrogens is 232 g/mol. The molecule has 17 heavy (non-hydrogen) atoms. The van der Waals surface area contributed by atoms with Crippen molar-refractivity contribution in [2.45, 2.75) is 19.3 Å². The minimum atomic E-state index is -0.0345. The summed E-state index contributed by atoms with van der Waals surface area (Å²) < 4.78 is 6.37. The fourth-order valence-corrected chi connectivity index (χ4v) is 3.36. The van der Waals surface area contributed by atoms with Crippen LogP contribution in [-0.4, -0.2) is 12.6 Å². The highest BCUT2D eigenvalue weighted by Crippen LogP contribution is 2.51. The molecule has 3 rings (SSSR count). The van der Waals surface area contributed by atoms with Crippen LogP contribution < -0.4 is 0 Å². The Hall–Kier alpha value is -1.35. The van der Waals surface area contributed by atoms with Crippen LogP contribution in [0.4, 0.5) is 0 Å². The molecular formula is C14H14O2S. The van der Waals surface area contributed by atoms with E-state index in [1.165, 1.54) is 15.6 Å². The van der Waals surface area contributed by atoms with Gasteiger partial charge in [-0.3, -0.25) is 4.79 Å². The standard InChI is InChI=1S/C14H14O2S/c1-2-16-14(15)11-7-10(11)12-8-17-13-6-4-3-5-9(12)13/h3-6,8,10-11H,2,7H2,1H3/t10-,11-/m1/s1. The monoisotopic (exact) mass is 246 g/mol. The van der Waals surface area contributed by atoms with Crippen molar-refractivity contribution < 1.29 is 9.53 Å². The van der Waals surface area contributed by atoms with E-state index in [1.54, 1.807) is 11.3 Å². The predicted molar refractivity (Wildman–Crippen MR) is 69.3 cm³/mol. The Labute approximate surface area is 104 Å². The highest BCUT2D eigenvalue weighted by Gasteiger charge is 2.46. The highest BCUT2D eigenvalue weighted by molar-refractivity contribution is 7.17. The lowest BCUT2D eigenvalue weighted by molar-refractivity contribution is -0.144. The van der Waals surface area contributed by atoms with Crippen molar-refractivity contribution in [2.24, 2.45) is 5.92 Å². The number of carbonyl (C=O) groups is 1. The molecule has 1 aliphatic carbocycles. The molecule has 0 amide bonds. The van der Waals surface area contributed by atoms with Crippen molar-refractivity contribution in [2.75, 3.05) is 6.61 Å². The Morgan fingerprint density at radius 2 is 2.29 bits per heavy atom. The van der Waals surface area contributed by atoms with Gasteiger partial charge in [-0.05, 0) is 41.7 Å². The molecule has 1 heterocycles. The third kappa shape index (κ3) is 1.84. The van der Waals surface area contributed by atoms with Crippen LogP contribution in [0, 0.1) is 5.92 Å². The smallest absolute Gasteiger partial charge is 0.309 e. The van der Waals surface area contributed by atoms with Gasteiger partial charge >= 0.3 is 5.97 Å². The zero-order chi connectivity index (χ0) is 11.8. The number of carbonyl (C=O) groups excluding carboxylic acids is 1. The molecule has 0 aliphatic heterocycles. The van der Waals surface area contributed by atoms with Gasteiger partial charge in [0, 0.05) is 4.70 Å². The number of rotatable bonds is 3. The van der Waals surface area contributed by atoms with Crippen LogP contribution in [0.1, 0.15) is 24.8 Å². The van der Waals surface area contributed by atoms with Crippen LogP contribution >= 0.6 is 11.3 Å². The molecule has 88 valence electrons. The number of fused-ring (bicyclic) bond motifs is 1. The average molecular weight is 246 g/mol. The quantitative estimate of drug-likeness (QED) is 0.774. The summed E-state index contributed by atoms with van der Waals surface area (Å²) in [5.41, 5.74) is 1.32. The summed E-state index contributed by atoms with van der Waals surface area (Å²) in [4.78, 5) is 11.6. The van der Waals surface area contributed by atoms with Gasteiger partial charge in [0.15, 0.2) is 0 Å². The number of ether oxygens (including phenoxy) is 1. The lowest BCUT2D eigenvalue weighted by Gasteiger charge is -2.00. The van der Waals surface area contributed by atoms with Gasteiger partial charge < -0.3 is 4.74 Å². The molecule has 1 fully saturated rings. The van der Waals surface area contributed by atoms with Crippen LogP contribution in [0.5, 0.6) is 0 Å². The van der Waals surface area contributed by atoms with Gasteiger partial charge in [-0.15, -0.1) is 11.3 Å². The van der Waals surface area contributed by atoms with Crippen molar-refractivity contribution in [1.82, 2.24) is 0 Å². The fraction of sp³-hybridized carbons (Fsp3) is 0.357. The Bertz CT molecular complexity index is 558. The summed E-state index contributed by atoms with van der Waals surface area (Å²) in [5.74, 6) is 0.436. The second kappa shape index (κ2) is 4.15. The van der Waals surface area contributed by atoms with E-state index in [0.717, 1.165) is 6.42 Å². The first-order valence-corrected chi connectivity index (χ1v) is 6.82. The van der Waals surface area contributed by atoms with Crippen LogP contribution in [0.2, 0.25) is 0 Å². The lowest BCUT2D eigenvalue weighted by atomic mass is 10.1. The molecule has 0 saturated heterocycles. The average Bonchev–Trinajstić information content (AvgIpc) is 3.02. The Morgan fingerprint density at radius 3 is 3.12 bits per heavy atom. The molecule has 1 aromatic heterocycles. The Kier molecular flexibility index (Phi) is 2.63. The molecule has 0 radical (unpaired) electrons. The molecule has 2 aromatic rings. The maximum absolute atomic E-state index is 11.6.